The largest absolute Gasteiger partial charge is 0.367 e. The van der Waals surface area contributed by atoms with Crippen LogP contribution in [0.15, 0.2) is 53.4 Å². The van der Waals surface area contributed by atoms with E-state index in [4.69, 9.17) is 0 Å². The lowest BCUT2D eigenvalue weighted by atomic mass is 10.1. The number of anilines is 1. The smallest absolute Gasteiger partial charge is 0.295 e. The number of hydrogen-bond acceptors (Lipinski definition) is 4. The summed E-state index contributed by atoms with van der Waals surface area (Å²) in [4.78, 5) is 25.9. The van der Waals surface area contributed by atoms with Crippen molar-refractivity contribution in [3.8, 4) is 0 Å². The molecule has 0 atom stereocenters. The van der Waals surface area contributed by atoms with Gasteiger partial charge >= 0.3 is 0 Å². The number of aryl methyl sites for hydroxylation is 1. The van der Waals surface area contributed by atoms with Crippen molar-refractivity contribution in [3.63, 3.8) is 0 Å². The Morgan fingerprint density at radius 1 is 1.08 bits per heavy atom. The molecule has 1 N–H and O–H groups in total. The maximum atomic E-state index is 12.9. The molecule has 3 rings (SSSR count). The number of halogens is 1. The van der Waals surface area contributed by atoms with Crippen molar-refractivity contribution < 1.29 is 14.0 Å². The molecule has 1 fully saturated rings. The van der Waals surface area contributed by atoms with Crippen LogP contribution in [0.25, 0.3) is 6.08 Å². The molecule has 24 heavy (non-hydrogen) atoms. The van der Waals surface area contributed by atoms with Gasteiger partial charge in [-0.3, -0.25) is 14.5 Å². The maximum absolute atomic E-state index is 12.9. The first-order chi connectivity index (χ1) is 11.5. The molecule has 6 heteroatoms. The molecule has 0 aliphatic carbocycles. The molecule has 0 bridgehead atoms. The fourth-order valence-corrected chi connectivity index (χ4v) is 3.03. The molecule has 4 nitrogen and oxygen atoms in total. The van der Waals surface area contributed by atoms with E-state index in [2.05, 4.69) is 5.32 Å². The van der Waals surface area contributed by atoms with Crippen molar-refractivity contribution in [3.05, 3.63) is 70.4 Å². The molecule has 2 aromatic carbocycles. The van der Waals surface area contributed by atoms with Crippen molar-refractivity contribution in [2.75, 3.05) is 12.0 Å². The number of benzene rings is 2. The fourth-order valence-electron chi connectivity index (χ4n) is 2.19. The lowest BCUT2D eigenvalue weighted by molar-refractivity contribution is -0.122. The number of imide groups is 1. The van der Waals surface area contributed by atoms with Gasteiger partial charge in [0.1, 0.15) is 5.82 Å². The molecular formula is C18H15FN2O2S. The number of nitrogens with zero attached hydrogens (tertiary/aromatic N) is 1. The highest BCUT2D eigenvalue weighted by Gasteiger charge is 2.34. The van der Waals surface area contributed by atoms with Gasteiger partial charge in [0.15, 0.2) is 0 Å². The number of thioether (sulfide) groups is 1. The molecule has 1 aliphatic rings. The monoisotopic (exact) mass is 342 g/mol. The predicted octanol–water partition coefficient (Wildman–Crippen LogP) is 4.24. The second kappa shape index (κ2) is 6.88. The third-order valence-electron chi connectivity index (χ3n) is 3.53. The highest BCUT2D eigenvalue weighted by molar-refractivity contribution is 8.18. The van der Waals surface area contributed by atoms with Gasteiger partial charge in [0, 0.05) is 5.69 Å². The van der Waals surface area contributed by atoms with E-state index in [1.54, 1.807) is 18.2 Å². The number of nitrogens with one attached hydrogen (secondary N) is 1. The molecule has 0 aromatic heterocycles. The third-order valence-corrected chi connectivity index (χ3v) is 4.44. The predicted molar refractivity (Wildman–Crippen MR) is 93.9 cm³/mol. The summed E-state index contributed by atoms with van der Waals surface area (Å²) in [5.41, 5.74) is 2.64. The zero-order valence-corrected chi connectivity index (χ0v) is 13.8. The number of amides is 2. The van der Waals surface area contributed by atoms with Gasteiger partial charge in [0.2, 0.25) is 0 Å². The van der Waals surface area contributed by atoms with Crippen LogP contribution >= 0.6 is 11.8 Å². The van der Waals surface area contributed by atoms with E-state index in [0.717, 1.165) is 27.8 Å². The average Bonchev–Trinajstić information content (AvgIpc) is 2.83. The van der Waals surface area contributed by atoms with Gasteiger partial charge < -0.3 is 5.32 Å². The zero-order chi connectivity index (χ0) is 17.1. The minimum atomic E-state index is -0.340. The highest BCUT2D eigenvalue weighted by atomic mass is 32.2. The molecule has 122 valence electrons. The summed E-state index contributed by atoms with van der Waals surface area (Å²) >= 11 is 0.917. The number of hydrogen-bond donors (Lipinski definition) is 1. The van der Waals surface area contributed by atoms with Crippen molar-refractivity contribution in [2.24, 2.45) is 0 Å². The van der Waals surface area contributed by atoms with Crippen LogP contribution < -0.4 is 5.32 Å². The molecule has 0 saturated carbocycles. The maximum Gasteiger partial charge on any atom is 0.295 e. The molecule has 0 radical (unpaired) electrons. The normalized spacial score (nSPS) is 16.1. The molecule has 1 saturated heterocycles. The summed E-state index contributed by atoms with van der Waals surface area (Å²) in [6, 6.07) is 13.4. The quantitative estimate of drug-likeness (QED) is 0.845. The average molecular weight is 342 g/mol. The highest BCUT2D eigenvalue weighted by Crippen LogP contribution is 2.32. The van der Waals surface area contributed by atoms with E-state index in [0.29, 0.717) is 10.6 Å². The van der Waals surface area contributed by atoms with E-state index >= 15 is 0 Å². The lowest BCUT2D eigenvalue weighted by Gasteiger charge is -2.14. The minimum Gasteiger partial charge on any atom is -0.367 e. The molecule has 0 spiro atoms. The van der Waals surface area contributed by atoms with Crippen LogP contribution in [0, 0.1) is 12.7 Å². The van der Waals surface area contributed by atoms with Gasteiger partial charge in [0.05, 0.1) is 11.6 Å². The fraction of sp³-hybridized carbons (Fsp3) is 0.111. The standard InChI is InChI=1S/C18H15FN2O2S/c1-12-2-4-13(5-3-12)10-16-17(22)21(18(23)24-16)11-20-15-8-6-14(19)7-9-15/h2-10,20H,11H2,1H3. The van der Waals surface area contributed by atoms with Crippen molar-refractivity contribution in [2.45, 2.75) is 6.92 Å². The summed E-state index contributed by atoms with van der Waals surface area (Å²) in [5.74, 6) is -0.673. The summed E-state index contributed by atoms with van der Waals surface area (Å²) in [7, 11) is 0. The summed E-state index contributed by atoms with van der Waals surface area (Å²) in [6.07, 6.45) is 1.71. The van der Waals surface area contributed by atoms with E-state index in [1.165, 1.54) is 12.1 Å². The van der Waals surface area contributed by atoms with E-state index in [1.807, 2.05) is 31.2 Å². The van der Waals surface area contributed by atoms with Crippen LogP contribution in [0.4, 0.5) is 14.9 Å². The number of rotatable bonds is 4. The SMILES string of the molecule is Cc1ccc(C=C2SC(=O)N(CNc3ccc(F)cc3)C2=O)cc1. The van der Waals surface area contributed by atoms with Crippen LogP contribution in [0.2, 0.25) is 0 Å². The van der Waals surface area contributed by atoms with Gasteiger partial charge in [-0.1, -0.05) is 29.8 Å². The first kappa shape index (κ1) is 16.3. The third kappa shape index (κ3) is 3.65. The Labute approximate surface area is 143 Å². The Morgan fingerprint density at radius 2 is 1.75 bits per heavy atom. The van der Waals surface area contributed by atoms with Crippen LogP contribution in [0.1, 0.15) is 11.1 Å². The Kier molecular flexibility index (Phi) is 4.66. The first-order valence-electron chi connectivity index (χ1n) is 7.34. The van der Waals surface area contributed by atoms with Crippen LogP contribution in [0.5, 0.6) is 0 Å². The van der Waals surface area contributed by atoms with Gasteiger partial charge in [-0.25, -0.2) is 4.39 Å². The van der Waals surface area contributed by atoms with E-state index in [9.17, 15) is 14.0 Å². The van der Waals surface area contributed by atoms with Gasteiger partial charge in [0.25, 0.3) is 11.1 Å². The molecule has 2 amide bonds. The molecule has 2 aromatic rings. The van der Waals surface area contributed by atoms with Crippen molar-refractivity contribution in [1.29, 1.82) is 0 Å². The molecule has 1 aliphatic heterocycles. The zero-order valence-electron chi connectivity index (χ0n) is 13.0. The molecule has 1 heterocycles. The van der Waals surface area contributed by atoms with Crippen LogP contribution in [-0.2, 0) is 4.79 Å². The van der Waals surface area contributed by atoms with E-state index < -0.39 is 0 Å². The number of carbonyl (C=O) groups is 2. The topological polar surface area (TPSA) is 49.4 Å². The minimum absolute atomic E-state index is 0.0432. The Hall–Kier alpha value is -2.60. The van der Waals surface area contributed by atoms with E-state index in [-0.39, 0.29) is 23.6 Å². The van der Waals surface area contributed by atoms with Crippen LogP contribution in [0.3, 0.4) is 0 Å². The van der Waals surface area contributed by atoms with Crippen LogP contribution in [-0.4, -0.2) is 22.7 Å². The Morgan fingerprint density at radius 3 is 2.42 bits per heavy atom. The second-order valence-electron chi connectivity index (χ2n) is 5.36. The Bertz CT molecular complexity index is 801. The second-order valence-corrected chi connectivity index (χ2v) is 6.36. The summed E-state index contributed by atoms with van der Waals surface area (Å²) in [5, 5.41) is 2.62. The lowest BCUT2D eigenvalue weighted by Crippen LogP contribution is -2.33. The molecule has 0 unspecified atom stereocenters. The number of carbonyl (C=O) groups excluding carboxylic acids is 2. The van der Waals surface area contributed by atoms with Gasteiger partial charge in [-0.15, -0.1) is 0 Å². The summed E-state index contributed by atoms with van der Waals surface area (Å²) in [6.45, 7) is 2.03. The first-order valence-corrected chi connectivity index (χ1v) is 8.16. The van der Waals surface area contributed by atoms with Crippen molar-refractivity contribution in [1.82, 2.24) is 4.90 Å². The van der Waals surface area contributed by atoms with Crippen molar-refractivity contribution >= 4 is 34.7 Å². The van der Waals surface area contributed by atoms with Gasteiger partial charge in [-0.2, -0.15) is 0 Å². The molecular weight excluding hydrogens is 327 g/mol. The van der Waals surface area contributed by atoms with Gasteiger partial charge in [-0.05, 0) is 54.6 Å². The summed E-state index contributed by atoms with van der Waals surface area (Å²) < 4.78 is 12.9. The Balaban J connectivity index is 1.69.